The lowest BCUT2D eigenvalue weighted by Gasteiger charge is -2.35. The minimum Gasteiger partial charge on any atom is -0.493 e. The van der Waals surface area contributed by atoms with Gasteiger partial charge in [0.05, 0.1) is 19.7 Å². The number of methoxy groups -OCH3 is 2. The highest BCUT2D eigenvalue weighted by Crippen LogP contribution is 2.34. The Balaban J connectivity index is 0.00000216. The van der Waals surface area contributed by atoms with E-state index >= 15 is 0 Å². The molecule has 1 aliphatic heterocycles. The number of ether oxygens (including phenoxy) is 2. The zero-order valence-electron chi connectivity index (χ0n) is 19.6. The monoisotopic (exact) mass is 503 g/mol. The minimum atomic E-state index is -0.487. The van der Waals surface area contributed by atoms with Gasteiger partial charge in [-0.1, -0.05) is 30.3 Å². The Kier molecular flexibility index (Phi) is 9.76. The standard InChI is InChI=1S/C24H27N5O4.ClH.H2O/c1-32-21-12-16-17(13-22(21)33-2)27-24(28-23(16)25)29-11-10-26-14-18(29)20(31)9-8-19(30)15-6-4-3-5-7-15;;/h3-7,12-13,18,26H,8-11,14H2,1-2H3,(H2,25,27,28);1H;1H2. The number of nitrogen functional groups attached to an aromatic ring is 1. The Morgan fingerprint density at radius 1 is 1.09 bits per heavy atom. The average Bonchev–Trinajstić information content (AvgIpc) is 2.86. The van der Waals surface area contributed by atoms with E-state index in [9.17, 15) is 9.59 Å². The molecule has 4 rings (SSSR count). The molecule has 0 amide bonds. The molecule has 188 valence electrons. The Bertz CT molecular complexity index is 1180. The van der Waals surface area contributed by atoms with Crippen LogP contribution in [0, 0.1) is 0 Å². The lowest BCUT2D eigenvalue weighted by molar-refractivity contribution is -0.120. The van der Waals surface area contributed by atoms with Crippen molar-refractivity contribution in [3.63, 3.8) is 0 Å². The fourth-order valence-electron chi connectivity index (χ4n) is 4.00. The van der Waals surface area contributed by atoms with E-state index in [4.69, 9.17) is 15.2 Å². The molecule has 10 nitrogen and oxygen atoms in total. The summed E-state index contributed by atoms with van der Waals surface area (Å²) in [5.41, 5.74) is 7.45. The summed E-state index contributed by atoms with van der Waals surface area (Å²) in [5.74, 6) is 1.64. The van der Waals surface area contributed by atoms with E-state index in [1.807, 2.05) is 23.1 Å². The van der Waals surface area contributed by atoms with E-state index in [2.05, 4.69) is 15.3 Å². The summed E-state index contributed by atoms with van der Waals surface area (Å²) in [7, 11) is 3.10. The SMILES string of the molecule is COc1cc2nc(N3CCNCC3C(=O)CCC(=O)c3ccccc3)nc(N)c2cc1OC.Cl.O. The van der Waals surface area contributed by atoms with Crippen LogP contribution in [0.4, 0.5) is 11.8 Å². The molecule has 1 aliphatic rings. The van der Waals surface area contributed by atoms with Gasteiger partial charge in [-0.15, -0.1) is 12.4 Å². The number of aromatic nitrogens is 2. The summed E-state index contributed by atoms with van der Waals surface area (Å²) < 4.78 is 10.7. The third-order valence-corrected chi connectivity index (χ3v) is 5.78. The molecule has 0 spiro atoms. The quantitative estimate of drug-likeness (QED) is 0.438. The molecular weight excluding hydrogens is 474 g/mol. The molecule has 3 aromatic rings. The number of carbonyl (C=O) groups is 2. The number of ketones is 2. The van der Waals surface area contributed by atoms with Crippen LogP contribution in [0.2, 0.25) is 0 Å². The van der Waals surface area contributed by atoms with Crippen LogP contribution in [0.1, 0.15) is 23.2 Å². The Labute approximate surface area is 209 Å². The summed E-state index contributed by atoms with van der Waals surface area (Å²) >= 11 is 0. The maximum absolute atomic E-state index is 13.1. The molecule has 0 bridgehead atoms. The van der Waals surface area contributed by atoms with Gasteiger partial charge in [0.25, 0.3) is 0 Å². The fourth-order valence-corrected chi connectivity index (χ4v) is 4.00. The van der Waals surface area contributed by atoms with Crippen LogP contribution in [0.15, 0.2) is 42.5 Å². The van der Waals surface area contributed by atoms with E-state index in [-0.39, 0.29) is 42.3 Å². The van der Waals surface area contributed by atoms with Gasteiger partial charge in [-0.3, -0.25) is 9.59 Å². The number of halogens is 1. The molecular formula is C24H30ClN5O5. The van der Waals surface area contributed by atoms with Crippen LogP contribution in [-0.4, -0.2) is 66.9 Å². The number of piperazine rings is 1. The van der Waals surface area contributed by atoms with Crippen LogP contribution in [0.5, 0.6) is 11.5 Å². The van der Waals surface area contributed by atoms with E-state index < -0.39 is 6.04 Å². The van der Waals surface area contributed by atoms with Gasteiger partial charge >= 0.3 is 0 Å². The smallest absolute Gasteiger partial charge is 0.228 e. The summed E-state index contributed by atoms with van der Waals surface area (Å²) in [6, 6.07) is 12.0. The topological polar surface area (TPSA) is 151 Å². The van der Waals surface area contributed by atoms with Crippen LogP contribution in [0.25, 0.3) is 10.9 Å². The van der Waals surface area contributed by atoms with Gasteiger partial charge < -0.3 is 30.9 Å². The summed E-state index contributed by atoms with van der Waals surface area (Å²) in [6.07, 6.45) is 0.301. The Morgan fingerprint density at radius 2 is 1.77 bits per heavy atom. The first-order chi connectivity index (χ1) is 16.0. The van der Waals surface area contributed by atoms with Crippen molar-refractivity contribution in [3.8, 4) is 11.5 Å². The Morgan fingerprint density at radius 3 is 2.46 bits per heavy atom. The first kappa shape index (κ1) is 27.8. The van der Waals surface area contributed by atoms with Gasteiger partial charge in [-0.25, -0.2) is 4.98 Å². The number of nitrogens with one attached hydrogen (secondary N) is 1. The third kappa shape index (κ3) is 5.97. The first-order valence-corrected chi connectivity index (χ1v) is 10.8. The number of nitrogens with two attached hydrogens (primary N) is 1. The van der Waals surface area contributed by atoms with Crippen LogP contribution >= 0.6 is 12.4 Å². The average molecular weight is 504 g/mol. The predicted octanol–water partition coefficient (Wildman–Crippen LogP) is 1.84. The number of anilines is 2. The largest absolute Gasteiger partial charge is 0.493 e. The van der Waals surface area contributed by atoms with Crippen molar-refractivity contribution in [1.29, 1.82) is 0 Å². The molecule has 0 aliphatic carbocycles. The number of nitrogens with zero attached hydrogens (tertiary/aromatic N) is 3. The molecule has 1 aromatic heterocycles. The predicted molar refractivity (Wildman–Crippen MR) is 137 cm³/mol. The van der Waals surface area contributed by atoms with Crippen LogP contribution in [-0.2, 0) is 4.79 Å². The van der Waals surface area contributed by atoms with Crippen LogP contribution < -0.4 is 25.4 Å². The number of rotatable bonds is 8. The molecule has 0 radical (unpaired) electrons. The fraction of sp³-hybridized carbons (Fsp3) is 0.333. The molecule has 2 aromatic carbocycles. The van der Waals surface area contributed by atoms with Crippen molar-refractivity contribution in [2.24, 2.45) is 0 Å². The second-order valence-electron chi connectivity index (χ2n) is 7.80. The van der Waals surface area contributed by atoms with Crippen molar-refractivity contribution in [3.05, 3.63) is 48.0 Å². The second kappa shape index (κ2) is 12.3. The first-order valence-electron chi connectivity index (χ1n) is 10.8. The molecule has 1 unspecified atom stereocenters. The molecule has 5 N–H and O–H groups in total. The lowest BCUT2D eigenvalue weighted by Crippen LogP contribution is -2.55. The van der Waals surface area contributed by atoms with Gasteiger partial charge in [-0.05, 0) is 6.07 Å². The summed E-state index contributed by atoms with van der Waals surface area (Å²) in [4.78, 5) is 36.5. The number of carbonyl (C=O) groups excluding carboxylic acids is 2. The summed E-state index contributed by atoms with van der Waals surface area (Å²) in [5, 5.41) is 3.89. The maximum Gasteiger partial charge on any atom is 0.228 e. The van der Waals surface area contributed by atoms with Crippen molar-refractivity contribution < 1.29 is 24.5 Å². The highest BCUT2D eigenvalue weighted by atomic mass is 35.5. The zero-order valence-corrected chi connectivity index (χ0v) is 20.4. The highest BCUT2D eigenvalue weighted by Gasteiger charge is 2.31. The number of hydrogen-bond acceptors (Lipinski definition) is 9. The van der Waals surface area contributed by atoms with Crippen molar-refractivity contribution in [2.45, 2.75) is 18.9 Å². The number of Topliss-reactive ketones (excluding diaryl/α,β-unsaturated/α-hetero) is 2. The third-order valence-electron chi connectivity index (χ3n) is 5.78. The molecule has 35 heavy (non-hydrogen) atoms. The van der Waals surface area contributed by atoms with E-state index in [0.717, 1.165) is 0 Å². The normalized spacial score (nSPS) is 15.0. The van der Waals surface area contributed by atoms with Crippen molar-refractivity contribution in [2.75, 3.05) is 44.5 Å². The van der Waals surface area contributed by atoms with Crippen LogP contribution in [0.3, 0.4) is 0 Å². The van der Waals surface area contributed by atoms with Gasteiger partial charge in [-0.2, -0.15) is 4.98 Å². The number of fused-ring (bicyclic) bond motifs is 1. The van der Waals surface area contributed by atoms with Crippen molar-refractivity contribution in [1.82, 2.24) is 15.3 Å². The molecule has 1 fully saturated rings. The van der Waals surface area contributed by atoms with Gasteiger partial charge in [0.15, 0.2) is 23.1 Å². The van der Waals surface area contributed by atoms with E-state index in [1.54, 1.807) is 38.5 Å². The van der Waals surface area contributed by atoms with Gasteiger partial charge in [0.1, 0.15) is 11.9 Å². The molecule has 0 saturated carbocycles. The molecule has 11 heteroatoms. The highest BCUT2D eigenvalue weighted by molar-refractivity contribution is 5.99. The number of hydrogen-bond donors (Lipinski definition) is 2. The lowest BCUT2D eigenvalue weighted by atomic mass is 10.0. The van der Waals surface area contributed by atoms with E-state index in [1.165, 1.54) is 0 Å². The zero-order chi connectivity index (χ0) is 23.4. The second-order valence-corrected chi connectivity index (χ2v) is 7.80. The van der Waals surface area contributed by atoms with Gasteiger partial charge in [0.2, 0.25) is 5.95 Å². The van der Waals surface area contributed by atoms with Crippen molar-refractivity contribution >= 4 is 46.6 Å². The Hall–Kier alpha value is -3.47. The molecule has 1 saturated heterocycles. The molecule has 2 heterocycles. The maximum atomic E-state index is 13.1. The minimum absolute atomic E-state index is 0. The van der Waals surface area contributed by atoms with Gasteiger partial charge in [0, 0.05) is 49.5 Å². The number of benzene rings is 2. The van der Waals surface area contributed by atoms with E-state index in [0.29, 0.717) is 59.4 Å². The molecule has 1 atom stereocenters. The summed E-state index contributed by atoms with van der Waals surface area (Å²) in [6.45, 7) is 1.67.